The maximum absolute atomic E-state index is 10.9. The van der Waals surface area contributed by atoms with Crippen LogP contribution in [0.25, 0.3) is 0 Å². The predicted molar refractivity (Wildman–Crippen MR) is 45.3 cm³/mol. The monoisotopic (exact) mass is 200 g/mol. The van der Waals surface area contributed by atoms with Crippen LogP contribution in [-0.4, -0.2) is 23.0 Å². The fraction of sp³-hybridized carbons (Fsp3) is 0.667. The van der Waals surface area contributed by atoms with Gasteiger partial charge in [0.1, 0.15) is 0 Å². The summed E-state index contributed by atoms with van der Waals surface area (Å²) in [5.74, 6) is -2.09. The average Bonchev–Trinajstić information content (AvgIpc) is 2.07. The number of carboxylic acid groups (broad SMARTS) is 1. The highest BCUT2D eigenvalue weighted by atomic mass is 16.6. The Kier molecular flexibility index (Phi) is 3.62. The Labute approximate surface area is 81.0 Å². The van der Waals surface area contributed by atoms with Gasteiger partial charge >= 0.3 is 17.9 Å². The van der Waals surface area contributed by atoms with Crippen LogP contribution in [0, 0.1) is 5.92 Å². The summed E-state index contributed by atoms with van der Waals surface area (Å²) in [6.45, 7) is 0. The zero-order chi connectivity index (χ0) is 10.6. The second-order valence-corrected chi connectivity index (χ2v) is 3.39. The molecule has 0 saturated carbocycles. The van der Waals surface area contributed by atoms with E-state index in [-0.39, 0.29) is 25.2 Å². The second-order valence-electron chi connectivity index (χ2n) is 3.39. The molecule has 0 spiro atoms. The molecule has 1 aliphatic heterocycles. The van der Waals surface area contributed by atoms with Crippen LogP contribution in [0.3, 0.4) is 0 Å². The number of rotatable bonds is 2. The van der Waals surface area contributed by atoms with Crippen molar-refractivity contribution >= 4 is 17.9 Å². The number of cyclic esters (lactones) is 2. The smallest absolute Gasteiger partial charge is 0.313 e. The highest BCUT2D eigenvalue weighted by molar-refractivity contribution is 5.85. The van der Waals surface area contributed by atoms with Crippen molar-refractivity contribution in [2.75, 3.05) is 0 Å². The van der Waals surface area contributed by atoms with E-state index in [9.17, 15) is 14.4 Å². The zero-order valence-electron chi connectivity index (χ0n) is 7.69. The van der Waals surface area contributed by atoms with Crippen LogP contribution < -0.4 is 0 Å². The van der Waals surface area contributed by atoms with Crippen molar-refractivity contribution in [1.29, 1.82) is 0 Å². The molecule has 0 amide bonds. The molecule has 0 radical (unpaired) electrons. The van der Waals surface area contributed by atoms with Crippen LogP contribution in [-0.2, 0) is 19.1 Å². The Morgan fingerprint density at radius 3 is 2.21 bits per heavy atom. The molecule has 0 atom stereocenters. The van der Waals surface area contributed by atoms with Gasteiger partial charge < -0.3 is 9.84 Å². The predicted octanol–water partition coefficient (Wildman–Crippen LogP) is 0.721. The summed E-state index contributed by atoms with van der Waals surface area (Å²) in [5.41, 5.74) is 0. The lowest BCUT2D eigenvalue weighted by molar-refractivity contribution is -0.161. The number of ether oxygens (including phenoxy) is 1. The number of esters is 2. The van der Waals surface area contributed by atoms with E-state index in [1.165, 1.54) is 0 Å². The van der Waals surface area contributed by atoms with E-state index < -0.39 is 17.9 Å². The minimum atomic E-state index is -0.892. The largest absolute Gasteiger partial charge is 0.481 e. The number of hydrogen-bond donors (Lipinski definition) is 1. The van der Waals surface area contributed by atoms with Crippen molar-refractivity contribution in [3.05, 3.63) is 0 Å². The van der Waals surface area contributed by atoms with Crippen molar-refractivity contribution < 1.29 is 24.2 Å². The maximum Gasteiger partial charge on any atom is 0.313 e. The molecular formula is C9H12O5. The van der Waals surface area contributed by atoms with Gasteiger partial charge in [-0.1, -0.05) is 0 Å². The van der Waals surface area contributed by atoms with E-state index in [4.69, 9.17) is 5.11 Å². The molecule has 14 heavy (non-hydrogen) atoms. The molecule has 0 bridgehead atoms. The van der Waals surface area contributed by atoms with Gasteiger partial charge in [-0.2, -0.15) is 0 Å². The van der Waals surface area contributed by atoms with Gasteiger partial charge in [-0.25, -0.2) is 0 Å². The lowest BCUT2D eigenvalue weighted by Crippen LogP contribution is -2.20. The number of carboxylic acids is 1. The topological polar surface area (TPSA) is 80.7 Å². The van der Waals surface area contributed by atoms with E-state index in [2.05, 4.69) is 4.74 Å². The van der Waals surface area contributed by atoms with Gasteiger partial charge in [0.2, 0.25) is 0 Å². The van der Waals surface area contributed by atoms with Crippen LogP contribution in [0.4, 0.5) is 0 Å². The number of carbonyl (C=O) groups excluding carboxylic acids is 2. The fourth-order valence-corrected chi connectivity index (χ4v) is 1.47. The summed E-state index contributed by atoms with van der Waals surface area (Å²) < 4.78 is 4.42. The van der Waals surface area contributed by atoms with Gasteiger partial charge in [-0.3, -0.25) is 14.4 Å². The first-order valence-electron chi connectivity index (χ1n) is 4.53. The summed E-state index contributed by atoms with van der Waals surface area (Å²) >= 11 is 0. The lowest BCUT2D eigenvalue weighted by atomic mass is 9.93. The highest BCUT2D eigenvalue weighted by Crippen LogP contribution is 2.20. The van der Waals surface area contributed by atoms with Crippen LogP contribution >= 0.6 is 0 Å². The van der Waals surface area contributed by atoms with Gasteiger partial charge in [0.05, 0.1) is 0 Å². The quantitative estimate of drug-likeness (QED) is 0.524. The molecule has 1 rings (SSSR count). The molecule has 5 heteroatoms. The maximum atomic E-state index is 10.9. The van der Waals surface area contributed by atoms with Gasteiger partial charge in [0, 0.05) is 19.3 Å². The molecule has 1 heterocycles. The van der Waals surface area contributed by atoms with Gasteiger partial charge in [-0.05, 0) is 18.8 Å². The molecule has 5 nitrogen and oxygen atoms in total. The van der Waals surface area contributed by atoms with E-state index in [0.717, 1.165) is 0 Å². The highest BCUT2D eigenvalue weighted by Gasteiger charge is 2.21. The minimum absolute atomic E-state index is 0.0144. The summed E-state index contributed by atoms with van der Waals surface area (Å²) in [4.78, 5) is 32.2. The van der Waals surface area contributed by atoms with E-state index in [1.807, 2.05) is 0 Å². The Bertz CT molecular complexity index is 240. The van der Waals surface area contributed by atoms with Crippen LogP contribution in [0.15, 0.2) is 0 Å². The Balaban J connectivity index is 2.49. The molecule has 0 aromatic rings. The minimum Gasteiger partial charge on any atom is -0.481 e. The third-order valence-electron chi connectivity index (χ3n) is 2.20. The average molecular weight is 200 g/mol. The van der Waals surface area contributed by atoms with Crippen LogP contribution in [0.5, 0.6) is 0 Å². The molecule has 0 aromatic heterocycles. The molecule has 0 aliphatic carbocycles. The van der Waals surface area contributed by atoms with Crippen LogP contribution in [0.2, 0.25) is 0 Å². The standard InChI is InChI=1S/C9H12O5/c10-7(11)5-6-1-3-8(12)14-9(13)4-2-6/h6H,1-5H2,(H,10,11). The van der Waals surface area contributed by atoms with Crippen molar-refractivity contribution in [3.8, 4) is 0 Å². The molecule has 78 valence electrons. The first kappa shape index (κ1) is 10.7. The number of hydrogen-bond acceptors (Lipinski definition) is 4. The first-order chi connectivity index (χ1) is 6.58. The first-order valence-corrected chi connectivity index (χ1v) is 4.53. The summed E-state index contributed by atoms with van der Waals surface area (Å²) in [6, 6.07) is 0. The van der Waals surface area contributed by atoms with Gasteiger partial charge in [-0.15, -0.1) is 0 Å². The van der Waals surface area contributed by atoms with Gasteiger partial charge in [0.25, 0.3) is 0 Å². The van der Waals surface area contributed by atoms with Crippen molar-refractivity contribution in [2.24, 2.45) is 5.92 Å². The molecule has 0 aromatic carbocycles. The molecule has 1 saturated heterocycles. The Hall–Kier alpha value is -1.39. The number of carbonyl (C=O) groups is 3. The molecule has 1 fully saturated rings. The summed E-state index contributed by atoms with van der Waals surface area (Å²) in [7, 11) is 0. The number of aliphatic carboxylic acids is 1. The third kappa shape index (κ3) is 3.55. The van der Waals surface area contributed by atoms with Crippen LogP contribution in [0.1, 0.15) is 32.1 Å². The SMILES string of the molecule is O=C(O)CC1CCC(=O)OC(=O)CC1. The second kappa shape index (κ2) is 4.74. The van der Waals surface area contributed by atoms with Crippen molar-refractivity contribution in [3.63, 3.8) is 0 Å². The summed E-state index contributed by atoms with van der Waals surface area (Å²) in [6.07, 6.45) is 1.24. The zero-order valence-corrected chi connectivity index (χ0v) is 7.69. The fourth-order valence-electron chi connectivity index (χ4n) is 1.47. The van der Waals surface area contributed by atoms with Gasteiger partial charge in [0.15, 0.2) is 0 Å². The van der Waals surface area contributed by atoms with E-state index >= 15 is 0 Å². The third-order valence-corrected chi connectivity index (χ3v) is 2.20. The van der Waals surface area contributed by atoms with Crippen molar-refractivity contribution in [2.45, 2.75) is 32.1 Å². The van der Waals surface area contributed by atoms with Crippen molar-refractivity contribution in [1.82, 2.24) is 0 Å². The molecule has 1 aliphatic rings. The molecule has 0 unspecified atom stereocenters. The molecule has 1 N–H and O–H groups in total. The lowest BCUT2D eigenvalue weighted by Gasteiger charge is -2.16. The summed E-state index contributed by atoms with van der Waals surface area (Å²) in [5, 5.41) is 8.56. The Morgan fingerprint density at radius 1 is 1.29 bits per heavy atom. The Morgan fingerprint density at radius 2 is 1.79 bits per heavy atom. The van der Waals surface area contributed by atoms with E-state index in [0.29, 0.717) is 12.8 Å². The van der Waals surface area contributed by atoms with E-state index in [1.54, 1.807) is 0 Å². The normalized spacial score (nSPS) is 19.7. The molecular weight excluding hydrogens is 188 g/mol.